The molecule has 1 aromatic carbocycles. The maximum Gasteiger partial charge on any atom is 0.169 e. The van der Waals surface area contributed by atoms with E-state index in [4.69, 9.17) is 10.5 Å². The number of nitrogens with zero attached hydrogens (tertiary/aromatic N) is 3. The van der Waals surface area contributed by atoms with Gasteiger partial charge in [-0.05, 0) is 12.5 Å². The number of aromatic nitrogens is 3. The summed E-state index contributed by atoms with van der Waals surface area (Å²) < 4.78 is 7.12. The minimum absolute atomic E-state index is 0.502. The Morgan fingerprint density at radius 2 is 2.12 bits per heavy atom. The van der Waals surface area contributed by atoms with Crippen molar-refractivity contribution in [2.24, 2.45) is 0 Å². The molecule has 0 aliphatic carbocycles. The van der Waals surface area contributed by atoms with Crippen molar-refractivity contribution in [1.29, 1.82) is 0 Å². The summed E-state index contributed by atoms with van der Waals surface area (Å²) in [7, 11) is 1.66. The number of para-hydroxylation sites is 1. The van der Waals surface area contributed by atoms with Gasteiger partial charge in [-0.2, -0.15) is 0 Å². The van der Waals surface area contributed by atoms with Crippen molar-refractivity contribution >= 4 is 5.82 Å². The monoisotopic (exact) mass is 232 g/mol. The zero-order chi connectivity index (χ0) is 12.3. The maximum atomic E-state index is 5.75. The summed E-state index contributed by atoms with van der Waals surface area (Å²) in [6.07, 6.45) is 0.813. The Hall–Kier alpha value is -2.04. The van der Waals surface area contributed by atoms with E-state index in [2.05, 4.69) is 10.3 Å². The molecule has 0 bridgehead atoms. The fraction of sp³-hybridized carbons (Fsp3) is 0.333. The van der Waals surface area contributed by atoms with Crippen molar-refractivity contribution in [2.75, 3.05) is 12.8 Å². The highest BCUT2D eigenvalue weighted by molar-refractivity contribution is 5.36. The molecule has 2 N–H and O–H groups in total. The van der Waals surface area contributed by atoms with Crippen LogP contribution in [0.5, 0.6) is 5.75 Å². The molecule has 0 unspecified atom stereocenters. The summed E-state index contributed by atoms with van der Waals surface area (Å²) in [5.74, 6) is 1.35. The van der Waals surface area contributed by atoms with Crippen molar-refractivity contribution in [3.63, 3.8) is 0 Å². The van der Waals surface area contributed by atoms with Gasteiger partial charge in [0.2, 0.25) is 0 Å². The number of anilines is 1. The highest BCUT2D eigenvalue weighted by Crippen LogP contribution is 2.19. The van der Waals surface area contributed by atoms with Crippen LogP contribution in [0.25, 0.3) is 0 Å². The van der Waals surface area contributed by atoms with E-state index < -0.39 is 0 Å². The lowest BCUT2D eigenvalue weighted by Gasteiger charge is -2.09. The van der Waals surface area contributed by atoms with E-state index in [-0.39, 0.29) is 0 Å². The van der Waals surface area contributed by atoms with Crippen LogP contribution in [-0.2, 0) is 13.0 Å². The zero-order valence-electron chi connectivity index (χ0n) is 10.1. The van der Waals surface area contributed by atoms with Crippen molar-refractivity contribution in [3.05, 3.63) is 35.5 Å². The van der Waals surface area contributed by atoms with Gasteiger partial charge in [0.1, 0.15) is 5.75 Å². The third-order valence-corrected chi connectivity index (χ3v) is 2.72. The summed E-state index contributed by atoms with van der Waals surface area (Å²) in [5, 5.41) is 7.93. The molecule has 0 saturated heterocycles. The third-order valence-electron chi connectivity index (χ3n) is 2.72. The maximum absolute atomic E-state index is 5.75. The molecule has 0 atom stereocenters. The Labute approximate surface area is 100 Å². The largest absolute Gasteiger partial charge is 0.496 e. The number of nitrogens with two attached hydrogens (primary N) is 1. The van der Waals surface area contributed by atoms with Gasteiger partial charge in [-0.3, -0.25) is 0 Å². The molecule has 2 rings (SSSR count). The van der Waals surface area contributed by atoms with Crippen molar-refractivity contribution < 1.29 is 4.74 Å². The Bertz CT molecular complexity index is 507. The van der Waals surface area contributed by atoms with Crippen LogP contribution in [-0.4, -0.2) is 22.1 Å². The SMILES string of the molecule is CCc1c(N)nnn1Cc1ccccc1OC. The lowest BCUT2D eigenvalue weighted by atomic mass is 10.2. The molecule has 2 aromatic rings. The second-order valence-electron chi connectivity index (χ2n) is 3.74. The second kappa shape index (κ2) is 4.86. The van der Waals surface area contributed by atoms with Crippen molar-refractivity contribution in [2.45, 2.75) is 19.9 Å². The summed E-state index contributed by atoms with van der Waals surface area (Å²) >= 11 is 0. The number of rotatable bonds is 4. The Morgan fingerprint density at radius 3 is 2.82 bits per heavy atom. The van der Waals surface area contributed by atoms with E-state index in [1.807, 2.05) is 35.9 Å². The molecular formula is C12H16N4O. The van der Waals surface area contributed by atoms with E-state index >= 15 is 0 Å². The molecule has 0 aliphatic heterocycles. The summed E-state index contributed by atoms with van der Waals surface area (Å²) in [6.45, 7) is 2.66. The van der Waals surface area contributed by atoms with Gasteiger partial charge in [0.25, 0.3) is 0 Å². The lowest BCUT2D eigenvalue weighted by molar-refractivity contribution is 0.406. The van der Waals surface area contributed by atoms with Gasteiger partial charge in [-0.15, -0.1) is 5.10 Å². The van der Waals surface area contributed by atoms with E-state index in [1.165, 1.54) is 0 Å². The molecule has 0 aliphatic rings. The van der Waals surface area contributed by atoms with Gasteiger partial charge < -0.3 is 10.5 Å². The van der Waals surface area contributed by atoms with E-state index in [9.17, 15) is 0 Å². The lowest BCUT2D eigenvalue weighted by Crippen LogP contribution is -2.07. The molecule has 0 spiro atoms. The molecular weight excluding hydrogens is 216 g/mol. The van der Waals surface area contributed by atoms with Gasteiger partial charge in [0.05, 0.1) is 19.3 Å². The van der Waals surface area contributed by atoms with Gasteiger partial charge in [-0.1, -0.05) is 30.3 Å². The molecule has 1 heterocycles. The number of hydrogen-bond donors (Lipinski definition) is 1. The predicted octanol–water partition coefficient (Wildman–Crippen LogP) is 1.48. The minimum Gasteiger partial charge on any atom is -0.496 e. The van der Waals surface area contributed by atoms with Crippen LogP contribution in [0, 0.1) is 0 Å². The van der Waals surface area contributed by atoms with Gasteiger partial charge in [0, 0.05) is 5.56 Å². The highest BCUT2D eigenvalue weighted by Gasteiger charge is 2.10. The fourth-order valence-corrected chi connectivity index (χ4v) is 1.83. The van der Waals surface area contributed by atoms with E-state index in [0.29, 0.717) is 12.4 Å². The van der Waals surface area contributed by atoms with Crippen LogP contribution in [0.3, 0.4) is 0 Å². The molecule has 17 heavy (non-hydrogen) atoms. The average Bonchev–Trinajstić information content (AvgIpc) is 2.70. The molecule has 1 aromatic heterocycles. The zero-order valence-corrected chi connectivity index (χ0v) is 10.1. The van der Waals surface area contributed by atoms with Crippen LogP contribution in [0.2, 0.25) is 0 Å². The van der Waals surface area contributed by atoms with Crippen LogP contribution in [0.15, 0.2) is 24.3 Å². The van der Waals surface area contributed by atoms with Gasteiger partial charge >= 0.3 is 0 Å². The average molecular weight is 232 g/mol. The Balaban J connectivity index is 2.31. The number of ether oxygens (including phenoxy) is 1. The quantitative estimate of drug-likeness (QED) is 0.867. The van der Waals surface area contributed by atoms with Gasteiger partial charge in [0.15, 0.2) is 5.82 Å². The van der Waals surface area contributed by atoms with Crippen LogP contribution in [0.1, 0.15) is 18.2 Å². The predicted molar refractivity (Wildman–Crippen MR) is 65.9 cm³/mol. The normalized spacial score (nSPS) is 10.5. The van der Waals surface area contributed by atoms with E-state index in [0.717, 1.165) is 23.4 Å². The molecule has 0 radical (unpaired) electrons. The number of benzene rings is 1. The summed E-state index contributed by atoms with van der Waals surface area (Å²) in [5.41, 5.74) is 7.77. The molecule has 0 amide bonds. The third kappa shape index (κ3) is 2.22. The number of methoxy groups -OCH3 is 1. The standard InChI is InChI=1S/C12H16N4O/c1-3-10-12(13)14-15-16(10)8-9-6-4-5-7-11(9)17-2/h4-7H,3,8,13H2,1-2H3. The minimum atomic E-state index is 0.502. The first-order chi connectivity index (χ1) is 8.26. The van der Waals surface area contributed by atoms with Crippen molar-refractivity contribution in [3.8, 4) is 5.75 Å². The Morgan fingerprint density at radius 1 is 1.35 bits per heavy atom. The van der Waals surface area contributed by atoms with E-state index in [1.54, 1.807) is 7.11 Å². The van der Waals surface area contributed by atoms with Crippen LogP contribution in [0.4, 0.5) is 5.82 Å². The summed E-state index contributed by atoms with van der Waals surface area (Å²) in [4.78, 5) is 0. The fourth-order valence-electron chi connectivity index (χ4n) is 1.83. The second-order valence-corrected chi connectivity index (χ2v) is 3.74. The first-order valence-corrected chi connectivity index (χ1v) is 5.56. The first kappa shape index (κ1) is 11.4. The first-order valence-electron chi connectivity index (χ1n) is 5.56. The number of nitrogen functional groups attached to an aromatic ring is 1. The molecule has 5 nitrogen and oxygen atoms in total. The van der Waals surface area contributed by atoms with Gasteiger partial charge in [-0.25, -0.2) is 4.68 Å². The molecule has 90 valence electrons. The van der Waals surface area contributed by atoms with Crippen LogP contribution >= 0.6 is 0 Å². The topological polar surface area (TPSA) is 66.0 Å². The molecule has 5 heteroatoms. The summed E-state index contributed by atoms with van der Waals surface area (Å²) in [6, 6.07) is 7.86. The molecule has 0 fully saturated rings. The Kier molecular flexibility index (Phi) is 3.27. The number of hydrogen-bond acceptors (Lipinski definition) is 4. The smallest absolute Gasteiger partial charge is 0.169 e. The van der Waals surface area contributed by atoms with Crippen LogP contribution < -0.4 is 10.5 Å². The molecule has 0 saturated carbocycles. The highest BCUT2D eigenvalue weighted by atomic mass is 16.5. The van der Waals surface area contributed by atoms with Crippen molar-refractivity contribution in [1.82, 2.24) is 15.0 Å².